The van der Waals surface area contributed by atoms with Crippen LogP contribution in [-0.4, -0.2) is 22.2 Å². The molecule has 11 heavy (non-hydrogen) atoms. The van der Waals surface area contributed by atoms with Gasteiger partial charge in [-0.15, -0.1) is 0 Å². The third-order valence-electron chi connectivity index (χ3n) is 0.962. The summed E-state index contributed by atoms with van der Waals surface area (Å²) >= 11 is 4.40. The first-order valence-corrected chi connectivity index (χ1v) is 3.22. The summed E-state index contributed by atoms with van der Waals surface area (Å²) in [6.45, 7) is 0. The van der Waals surface area contributed by atoms with Gasteiger partial charge in [0.2, 0.25) is 0 Å². The second-order valence-corrected chi connectivity index (χ2v) is 1.79. The molecule has 1 aromatic rings. The molecule has 5 heteroatoms. The van der Waals surface area contributed by atoms with Crippen molar-refractivity contribution in [3.05, 3.63) is 12.3 Å². The molecule has 0 amide bonds. The van der Waals surface area contributed by atoms with Crippen molar-refractivity contribution >= 4 is 23.2 Å². The van der Waals surface area contributed by atoms with E-state index in [0.717, 1.165) is 0 Å². The smallest absolute Gasteiger partial charge is 0.318 e. The van der Waals surface area contributed by atoms with Crippen molar-refractivity contribution in [2.24, 2.45) is 4.99 Å². The van der Waals surface area contributed by atoms with Crippen LogP contribution < -0.4 is 4.74 Å². The summed E-state index contributed by atoms with van der Waals surface area (Å²) in [4.78, 5) is 11.3. The molecule has 0 saturated carbocycles. The third kappa shape index (κ3) is 2.07. The second kappa shape index (κ2) is 3.75. The van der Waals surface area contributed by atoms with Gasteiger partial charge in [-0.2, -0.15) is 9.98 Å². The molecule has 0 fully saturated rings. The van der Waals surface area contributed by atoms with Crippen molar-refractivity contribution in [2.45, 2.75) is 0 Å². The zero-order valence-corrected chi connectivity index (χ0v) is 6.63. The molecule has 56 valence electrons. The quantitative estimate of drug-likeness (QED) is 0.490. The van der Waals surface area contributed by atoms with Crippen molar-refractivity contribution in [3.63, 3.8) is 0 Å². The lowest BCUT2D eigenvalue weighted by Crippen LogP contribution is -1.89. The standard InChI is InChI=1S/C6H5N3OS/c1-10-6-7-3-2-5(9-6)8-4-11/h2-3H,1H3. The molecule has 0 aliphatic rings. The molecule has 0 unspecified atom stereocenters. The highest BCUT2D eigenvalue weighted by Gasteiger charge is 1.94. The van der Waals surface area contributed by atoms with Crippen LogP contribution in [0.3, 0.4) is 0 Å². The van der Waals surface area contributed by atoms with Crippen LogP contribution in [0.25, 0.3) is 0 Å². The van der Waals surface area contributed by atoms with E-state index in [1.54, 1.807) is 6.07 Å². The van der Waals surface area contributed by atoms with E-state index in [4.69, 9.17) is 4.74 Å². The minimum absolute atomic E-state index is 0.275. The Morgan fingerprint density at radius 2 is 2.55 bits per heavy atom. The van der Waals surface area contributed by atoms with Gasteiger partial charge >= 0.3 is 6.01 Å². The van der Waals surface area contributed by atoms with Gasteiger partial charge in [0.25, 0.3) is 0 Å². The van der Waals surface area contributed by atoms with Crippen molar-refractivity contribution in [1.29, 1.82) is 0 Å². The number of hydrogen-bond acceptors (Lipinski definition) is 5. The first-order valence-electron chi connectivity index (χ1n) is 2.81. The molecule has 0 saturated heterocycles. The highest BCUT2D eigenvalue weighted by molar-refractivity contribution is 7.78. The van der Waals surface area contributed by atoms with Gasteiger partial charge in [0, 0.05) is 12.3 Å². The van der Waals surface area contributed by atoms with Gasteiger partial charge < -0.3 is 4.74 Å². The van der Waals surface area contributed by atoms with E-state index in [1.807, 2.05) is 0 Å². The lowest BCUT2D eigenvalue weighted by atomic mass is 10.6. The van der Waals surface area contributed by atoms with Crippen LogP contribution >= 0.6 is 12.2 Å². The Kier molecular flexibility index (Phi) is 2.66. The van der Waals surface area contributed by atoms with Crippen LogP contribution in [0, 0.1) is 0 Å². The Morgan fingerprint density at radius 3 is 3.18 bits per heavy atom. The molecule has 4 nitrogen and oxygen atoms in total. The molecule has 1 aromatic heterocycles. The Labute approximate surface area is 69.0 Å². The molecule has 0 atom stereocenters. The zero-order chi connectivity index (χ0) is 8.10. The van der Waals surface area contributed by atoms with Gasteiger partial charge in [-0.1, -0.05) is 0 Å². The largest absolute Gasteiger partial charge is 0.467 e. The number of aliphatic imine (C=N–C) groups is 1. The first kappa shape index (κ1) is 7.78. The lowest BCUT2D eigenvalue weighted by molar-refractivity contribution is 0.380. The van der Waals surface area contributed by atoms with E-state index in [9.17, 15) is 0 Å². The number of isothiocyanates is 1. The molecule has 0 spiro atoms. The second-order valence-electron chi connectivity index (χ2n) is 1.60. The summed E-state index contributed by atoms with van der Waals surface area (Å²) in [5, 5.41) is 2.20. The van der Waals surface area contributed by atoms with Crippen molar-refractivity contribution in [3.8, 4) is 6.01 Å². The van der Waals surface area contributed by atoms with Gasteiger partial charge in [0.05, 0.1) is 12.3 Å². The van der Waals surface area contributed by atoms with Gasteiger partial charge in [0.15, 0.2) is 5.82 Å². The number of nitrogens with zero attached hydrogens (tertiary/aromatic N) is 3. The lowest BCUT2D eigenvalue weighted by Gasteiger charge is -1.94. The monoisotopic (exact) mass is 167 g/mol. The maximum absolute atomic E-state index is 4.76. The Bertz CT molecular complexity index is 296. The Balaban J connectivity index is 3.00. The normalized spacial score (nSPS) is 8.45. The fourth-order valence-electron chi connectivity index (χ4n) is 0.539. The summed E-state index contributed by atoms with van der Waals surface area (Å²) in [5.74, 6) is 0.451. The Morgan fingerprint density at radius 1 is 1.73 bits per heavy atom. The van der Waals surface area contributed by atoms with Crippen molar-refractivity contribution < 1.29 is 4.74 Å². The molecule has 0 radical (unpaired) electrons. The summed E-state index contributed by atoms with van der Waals surface area (Å²) < 4.78 is 4.76. The summed E-state index contributed by atoms with van der Waals surface area (Å²) in [7, 11) is 1.49. The van der Waals surface area contributed by atoms with Gasteiger partial charge in [-0.3, -0.25) is 0 Å². The average Bonchev–Trinajstić information content (AvgIpc) is 2.06. The van der Waals surface area contributed by atoms with E-state index >= 15 is 0 Å². The topological polar surface area (TPSA) is 47.4 Å². The SMILES string of the molecule is COc1nccc(N=C=S)n1. The minimum Gasteiger partial charge on any atom is -0.467 e. The number of ether oxygens (including phenoxy) is 1. The molecule has 1 rings (SSSR count). The third-order valence-corrected chi connectivity index (χ3v) is 1.05. The minimum atomic E-state index is 0.275. The van der Waals surface area contributed by atoms with Crippen LogP contribution in [0.5, 0.6) is 6.01 Å². The maximum atomic E-state index is 4.76. The predicted molar refractivity (Wildman–Crippen MR) is 43.3 cm³/mol. The molecule has 0 N–H and O–H groups in total. The molecule has 0 aromatic carbocycles. The zero-order valence-electron chi connectivity index (χ0n) is 5.81. The van der Waals surface area contributed by atoms with Crippen LogP contribution in [-0.2, 0) is 0 Å². The fourth-order valence-corrected chi connectivity index (χ4v) is 0.633. The van der Waals surface area contributed by atoms with Gasteiger partial charge in [-0.05, 0) is 12.2 Å². The van der Waals surface area contributed by atoms with Gasteiger partial charge in [0.1, 0.15) is 0 Å². The fraction of sp³-hybridized carbons (Fsp3) is 0.167. The molecule has 0 bridgehead atoms. The summed E-state index contributed by atoms with van der Waals surface area (Å²) in [5.41, 5.74) is 0. The highest BCUT2D eigenvalue weighted by atomic mass is 32.1. The van der Waals surface area contributed by atoms with Crippen molar-refractivity contribution in [1.82, 2.24) is 9.97 Å². The predicted octanol–water partition coefficient (Wildman–Crippen LogP) is 1.22. The summed E-state index contributed by atoms with van der Waals surface area (Å²) in [6.07, 6.45) is 1.54. The van der Waals surface area contributed by atoms with Gasteiger partial charge in [-0.25, -0.2) is 4.98 Å². The number of methoxy groups -OCH3 is 1. The molecule has 0 aliphatic carbocycles. The van der Waals surface area contributed by atoms with E-state index in [0.29, 0.717) is 5.82 Å². The molecule has 1 heterocycles. The molecular formula is C6H5N3OS. The van der Waals surface area contributed by atoms with Crippen molar-refractivity contribution in [2.75, 3.05) is 7.11 Å². The highest BCUT2D eigenvalue weighted by Crippen LogP contribution is 2.08. The number of thiocarbonyl (C=S) groups is 1. The first-order chi connectivity index (χ1) is 5.36. The van der Waals surface area contributed by atoms with Crippen LogP contribution in [0.2, 0.25) is 0 Å². The van der Waals surface area contributed by atoms with Crippen LogP contribution in [0.1, 0.15) is 0 Å². The number of hydrogen-bond donors (Lipinski definition) is 0. The average molecular weight is 167 g/mol. The van der Waals surface area contributed by atoms with Crippen LogP contribution in [0.4, 0.5) is 5.82 Å². The van der Waals surface area contributed by atoms with E-state index in [-0.39, 0.29) is 6.01 Å². The maximum Gasteiger partial charge on any atom is 0.318 e. The number of aromatic nitrogens is 2. The van der Waals surface area contributed by atoms with E-state index in [1.165, 1.54) is 13.3 Å². The van der Waals surface area contributed by atoms with E-state index in [2.05, 4.69) is 32.3 Å². The Hall–Kier alpha value is -1.32. The number of rotatable bonds is 2. The summed E-state index contributed by atoms with van der Waals surface area (Å²) in [6, 6.07) is 1.89. The molecular weight excluding hydrogens is 162 g/mol. The van der Waals surface area contributed by atoms with E-state index < -0.39 is 0 Å². The van der Waals surface area contributed by atoms with Crippen LogP contribution in [0.15, 0.2) is 17.3 Å². The molecule has 0 aliphatic heterocycles.